The molecule has 0 N–H and O–H groups in total. The summed E-state index contributed by atoms with van der Waals surface area (Å²) in [6.07, 6.45) is 3.28. The van der Waals surface area contributed by atoms with Crippen LogP contribution in [0.5, 0.6) is 17.2 Å². The van der Waals surface area contributed by atoms with E-state index in [1.807, 2.05) is 32.0 Å². The van der Waals surface area contributed by atoms with Gasteiger partial charge in [0.25, 0.3) is 0 Å². The van der Waals surface area contributed by atoms with Gasteiger partial charge in [0.15, 0.2) is 17.3 Å². The van der Waals surface area contributed by atoms with Crippen molar-refractivity contribution in [3.63, 3.8) is 0 Å². The topological polar surface area (TPSA) is 44.8 Å². The fraction of sp³-hybridized carbons (Fsp3) is 0.250. The number of rotatable bonds is 7. The van der Waals surface area contributed by atoms with Gasteiger partial charge in [-0.15, -0.1) is 0 Å². The van der Waals surface area contributed by atoms with E-state index in [0.29, 0.717) is 17.1 Å². The number of para-hydroxylation sites is 1. The van der Waals surface area contributed by atoms with Gasteiger partial charge in [0, 0.05) is 11.1 Å². The van der Waals surface area contributed by atoms with Crippen molar-refractivity contribution < 1.29 is 19.0 Å². The van der Waals surface area contributed by atoms with E-state index in [1.165, 1.54) is 6.08 Å². The lowest BCUT2D eigenvalue weighted by molar-refractivity contribution is 0.104. The first-order chi connectivity index (χ1) is 11.5. The molecule has 0 heterocycles. The third-order valence-corrected chi connectivity index (χ3v) is 3.37. The summed E-state index contributed by atoms with van der Waals surface area (Å²) in [5.41, 5.74) is 1.39. The van der Waals surface area contributed by atoms with Crippen LogP contribution in [0.4, 0.5) is 0 Å². The molecule has 0 radical (unpaired) electrons. The van der Waals surface area contributed by atoms with E-state index in [4.69, 9.17) is 14.2 Å². The average Bonchev–Trinajstić information content (AvgIpc) is 2.60. The van der Waals surface area contributed by atoms with Crippen molar-refractivity contribution in [2.45, 2.75) is 20.0 Å². The second kappa shape index (κ2) is 8.20. The van der Waals surface area contributed by atoms with Crippen LogP contribution in [0.1, 0.15) is 29.8 Å². The van der Waals surface area contributed by atoms with Gasteiger partial charge in [-0.1, -0.05) is 12.1 Å². The highest BCUT2D eigenvalue weighted by Gasteiger charge is 2.11. The third-order valence-electron chi connectivity index (χ3n) is 3.37. The third kappa shape index (κ3) is 4.38. The first-order valence-electron chi connectivity index (χ1n) is 7.75. The van der Waals surface area contributed by atoms with Gasteiger partial charge in [-0.25, -0.2) is 0 Å². The second-order valence-electron chi connectivity index (χ2n) is 5.47. The number of benzene rings is 2. The number of hydrogen-bond acceptors (Lipinski definition) is 4. The fourth-order valence-corrected chi connectivity index (χ4v) is 2.20. The number of methoxy groups -OCH3 is 2. The summed E-state index contributed by atoms with van der Waals surface area (Å²) < 4.78 is 16.3. The van der Waals surface area contributed by atoms with Crippen molar-refractivity contribution in [2.24, 2.45) is 0 Å². The van der Waals surface area contributed by atoms with Crippen molar-refractivity contribution in [2.75, 3.05) is 14.2 Å². The Hall–Kier alpha value is -2.75. The molecule has 0 aliphatic rings. The molecule has 0 amide bonds. The monoisotopic (exact) mass is 326 g/mol. The zero-order valence-corrected chi connectivity index (χ0v) is 14.4. The molecule has 0 saturated carbocycles. The van der Waals surface area contributed by atoms with Crippen LogP contribution < -0.4 is 14.2 Å². The Bertz CT molecular complexity index is 715. The maximum atomic E-state index is 12.3. The van der Waals surface area contributed by atoms with E-state index >= 15 is 0 Å². The van der Waals surface area contributed by atoms with Crippen LogP contribution in [-0.4, -0.2) is 26.1 Å². The van der Waals surface area contributed by atoms with Crippen LogP contribution >= 0.6 is 0 Å². The molecule has 0 unspecified atom stereocenters. The minimum atomic E-state index is -0.0871. The molecular weight excluding hydrogens is 304 g/mol. The lowest BCUT2D eigenvalue weighted by Crippen LogP contribution is -2.08. The van der Waals surface area contributed by atoms with Crippen molar-refractivity contribution in [3.8, 4) is 17.2 Å². The van der Waals surface area contributed by atoms with Crippen LogP contribution in [0, 0.1) is 0 Å². The van der Waals surface area contributed by atoms with Gasteiger partial charge in [0.05, 0.1) is 20.3 Å². The molecule has 0 atom stereocenters. The van der Waals surface area contributed by atoms with Gasteiger partial charge in [0.1, 0.15) is 5.75 Å². The minimum absolute atomic E-state index is 0.00531. The van der Waals surface area contributed by atoms with Crippen molar-refractivity contribution in [1.29, 1.82) is 0 Å². The van der Waals surface area contributed by atoms with Crippen LogP contribution in [-0.2, 0) is 0 Å². The molecule has 4 nitrogen and oxygen atoms in total. The van der Waals surface area contributed by atoms with Crippen molar-refractivity contribution in [3.05, 3.63) is 59.7 Å². The Labute approximate surface area is 142 Å². The number of ketones is 1. The van der Waals surface area contributed by atoms with Crippen LogP contribution in [0.3, 0.4) is 0 Å². The summed E-state index contributed by atoms with van der Waals surface area (Å²) in [5, 5.41) is 0. The predicted octanol–water partition coefficient (Wildman–Crippen LogP) is 4.39. The van der Waals surface area contributed by atoms with Crippen LogP contribution in [0.15, 0.2) is 48.5 Å². The first kappa shape index (κ1) is 17.6. The first-order valence-corrected chi connectivity index (χ1v) is 7.75. The van der Waals surface area contributed by atoms with E-state index in [0.717, 1.165) is 11.3 Å². The molecular formula is C20H22O4. The van der Waals surface area contributed by atoms with Crippen molar-refractivity contribution in [1.82, 2.24) is 0 Å². The SMILES string of the molecule is COc1ccc(C(=O)/C=C/c2cccc(OC)c2OC(C)C)cc1. The Kier molecular flexibility index (Phi) is 6.01. The second-order valence-corrected chi connectivity index (χ2v) is 5.47. The van der Waals surface area contributed by atoms with Crippen LogP contribution in [0.2, 0.25) is 0 Å². The molecule has 0 saturated heterocycles. The number of ether oxygens (including phenoxy) is 3. The standard InChI is InChI=1S/C20H22O4/c1-14(2)24-20-16(6-5-7-19(20)23-4)10-13-18(21)15-8-11-17(22-3)12-9-15/h5-14H,1-4H3/b13-10+. The van der Waals surface area contributed by atoms with E-state index < -0.39 is 0 Å². The summed E-state index contributed by atoms with van der Waals surface area (Å²) in [4.78, 5) is 12.3. The highest BCUT2D eigenvalue weighted by Crippen LogP contribution is 2.33. The average molecular weight is 326 g/mol. The van der Waals surface area contributed by atoms with E-state index in [9.17, 15) is 4.79 Å². The van der Waals surface area contributed by atoms with Gasteiger partial charge in [-0.05, 0) is 56.3 Å². The summed E-state index contributed by atoms with van der Waals surface area (Å²) in [6.45, 7) is 3.89. The predicted molar refractivity (Wildman–Crippen MR) is 95.1 cm³/mol. The van der Waals surface area contributed by atoms with Crippen molar-refractivity contribution >= 4 is 11.9 Å². The smallest absolute Gasteiger partial charge is 0.185 e. The van der Waals surface area contributed by atoms with Crippen LogP contribution in [0.25, 0.3) is 6.08 Å². The molecule has 0 spiro atoms. The molecule has 0 aliphatic carbocycles. The lowest BCUT2D eigenvalue weighted by Gasteiger charge is -2.15. The normalized spacial score (nSPS) is 10.9. The Balaban J connectivity index is 2.25. The molecule has 0 aromatic heterocycles. The van der Waals surface area contributed by atoms with Gasteiger partial charge >= 0.3 is 0 Å². The Morgan fingerprint density at radius 3 is 2.29 bits per heavy atom. The summed E-state index contributed by atoms with van der Waals surface area (Å²) in [5.74, 6) is 1.91. The highest BCUT2D eigenvalue weighted by molar-refractivity contribution is 6.07. The molecule has 0 fully saturated rings. The molecule has 2 aromatic rings. The maximum Gasteiger partial charge on any atom is 0.185 e. The molecule has 2 rings (SSSR count). The van der Waals surface area contributed by atoms with Gasteiger partial charge in [0.2, 0.25) is 0 Å². The number of allylic oxidation sites excluding steroid dienone is 1. The molecule has 126 valence electrons. The summed E-state index contributed by atoms with van der Waals surface area (Å²) >= 11 is 0. The lowest BCUT2D eigenvalue weighted by atomic mass is 10.1. The quantitative estimate of drug-likeness (QED) is 0.559. The summed E-state index contributed by atoms with van der Waals surface area (Å²) in [7, 11) is 3.19. The molecule has 0 bridgehead atoms. The fourth-order valence-electron chi connectivity index (χ4n) is 2.20. The maximum absolute atomic E-state index is 12.3. The van der Waals surface area contributed by atoms with Gasteiger partial charge in [-0.3, -0.25) is 4.79 Å². The van der Waals surface area contributed by atoms with E-state index in [2.05, 4.69) is 0 Å². The van der Waals surface area contributed by atoms with Gasteiger partial charge in [-0.2, -0.15) is 0 Å². The number of carbonyl (C=O) groups excluding carboxylic acids is 1. The highest BCUT2D eigenvalue weighted by atomic mass is 16.5. The minimum Gasteiger partial charge on any atom is -0.497 e. The Morgan fingerprint density at radius 2 is 1.71 bits per heavy atom. The molecule has 0 aliphatic heterocycles. The van der Waals surface area contributed by atoms with E-state index in [1.54, 1.807) is 44.6 Å². The zero-order chi connectivity index (χ0) is 17.5. The van der Waals surface area contributed by atoms with E-state index in [-0.39, 0.29) is 11.9 Å². The number of carbonyl (C=O) groups is 1. The number of hydrogen-bond donors (Lipinski definition) is 0. The van der Waals surface area contributed by atoms with Gasteiger partial charge < -0.3 is 14.2 Å². The zero-order valence-electron chi connectivity index (χ0n) is 14.4. The Morgan fingerprint density at radius 1 is 1.00 bits per heavy atom. The molecule has 4 heteroatoms. The summed E-state index contributed by atoms with van der Waals surface area (Å²) in [6, 6.07) is 12.6. The molecule has 2 aromatic carbocycles. The largest absolute Gasteiger partial charge is 0.497 e. The molecule has 24 heavy (non-hydrogen) atoms.